The van der Waals surface area contributed by atoms with E-state index in [2.05, 4.69) is 0 Å². The number of benzene rings is 1. The van der Waals surface area contributed by atoms with Gasteiger partial charge in [-0.05, 0) is 30.9 Å². The van der Waals surface area contributed by atoms with Gasteiger partial charge in [-0.15, -0.1) is 0 Å². The highest BCUT2D eigenvalue weighted by Crippen LogP contribution is 2.30. The molecule has 1 aromatic carbocycles. The van der Waals surface area contributed by atoms with Crippen molar-refractivity contribution in [3.8, 4) is 11.5 Å². The van der Waals surface area contributed by atoms with Gasteiger partial charge in [-0.2, -0.15) is 0 Å². The van der Waals surface area contributed by atoms with Crippen molar-refractivity contribution < 1.29 is 24.2 Å². The van der Waals surface area contributed by atoms with Crippen LogP contribution < -0.4 is 9.47 Å². The van der Waals surface area contributed by atoms with Crippen molar-refractivity contribution in [1.29, 1.82) is 0 Å². The molecule has 0 aromatic heterocycles. The summed E-state index contributed by atoms with van der Waals surface area (Å²) in [6, 6.07) is 4.85. The monoisotopic (exact) mass is 293 g/mol. The molecule has 1 N–H and O–H groups in total. The lowest BCUT2D eigenvalue weighted by Crippen LogP contribution is -2.37. The Hall–Kier alpha value is -2.24. The Morgan fingerprint density at radius 1 is 1.19 bits per heavy atom. The Kier molecular flexibility index (Phi) is 4.67. The van der Waals surface area contributed by atoms with Gasteiger partial charge in [-0.3, -0.25) is 9.59 Å². The highest BCUT2D eigenvalue weighted by Gasteiger charge is 2.28. The van der Waals surface area contributed by atoms with Crippen LogP contribution in [-0.4, -0.2) is 49.2 Å². The lowest BCUT2D eigenvalue weighted by Gasteiger charge is -2.21. The zero-order valence-corrected chi connectivity index (χ0v) is 12.2. The number of carbonyl (C=O) groups excluding carboxylic acids is 1. The fraction of sp³-hybridized carbons (Fsp3) is 0.467. The molecular formula is C15H19NO5. The van der Waals surface area contributed by atoms with Crippen molar-refractivity contribution in [2.75, 3.05) is 27.3 Å². The molecule has 6 heteroatoms. The van der Waals surface area contributed by atoms with Gasteiger partial charge in [0.2, 0.25) is 0 Å². The Balaban J connectivity index is 2.23. The topological polar surface area (TPSA) is 76.1 Å². The molecular weight excluding hydrogens is 274 g/mol. The largest absolute Gasteiger partial charge is 0.497 e. The fourth-order valence-corrected chi connectivity index (χ4v) is 2.11. The quantitative estimate of drug-likeness (QED) is 0.827. The molecule has 1 amide bonds. The highest BCUT2D eigenvalue weighted by atomic mass is 16.5. The zero-order valence-electron chi connectivity index (χ0n) is 12.2. The summed E-state index contributed by atoms with van der Waals surface area (Å²) in [5, 5.41) is 8.97. The van der Waals surface area contributed by atoms with Gasteiger partial charge in [0.05, 0.1) is 14.2 Å². The maximum absolute atomic E-state index is 12.5. The van der Waals surface area contributed by atoms with Crippen LogP contribution in [0.5, 0.6) is 11.5 Å². The average molecular weight is 293 g/mol. The molecule has 6 nitrogen and oxygen atoms in total. The maximum Gasteiger partial charge on any atom is 0.323 e. The maximum atomic E-state index is 12.5. The standard InChI is InChI=1S/C15H19NO5/c1-20-12-5-11(6-13(7-12)21-2)15(19)16(9-14(17)18)8-10-3-4-10/h5-7,10H,3-4,8-9H2,1-2H3,(H,17,18). The molecule has 0 heterocycles. The third-order valence-electron chi connectivity index (χ3n) is 3.39. The number of carboxylic acid groups (broad SMARTS) is 1. The summed E-state index contributed by atoms with van der Waals surface area (Å²) in [7, 11) is 3.00. The lowest BCUT2D eigenvalue weighted by atomic mass is 10.1. The number of hydrogen-bond acceptors (Lipinski definition) is 4. The van der Waals surface area contributed by atoms with Crippen molar-refractivity contribution in [2.45, 2.75) is 12.8 Å². The molecule has 0 saturated heterocycles. The van der Waals surface area contributed by atoms with E-state index in [-0.39, 0.29) is 12.5 Å². The second kappa shape index (κ2) is 6.47. The van der Waals surface area contributed by atoms with Gasteiger partial charge < -0.3 is 19.5 Å². The Morgan fingerprint density at radius 3 is 2.19 bits per heavy atom. The fourth-order valence-electron chi connectivity index (χ4n) is 2.11. The number of carbonyl (C=O) groups is 2. The Labute approximate surface area is 123 Å². The van der Waals surface area contributed by atoms with Gasteiger partial charge in [0.1, 0.15) is 18.0 Å². The second-order valence-electron chi connectivity index (χ2n) is 5.12. The number of carboxylic acids is 1. The summed E-state index contributed by atoms with van der Waals surface area (Å²) < 4.78 is 10.3. The molecule has 0 unspecified atom stereocenters. The van der Waals surface area contributed by atoms with Crippen molar-refractivity contribution >= 4 is 11.9 Å². The van der Waals surface area contributed by atoms with Crippen molar-refractivity contribution in [3.05, 3.63) is 23.8 Å². The molecule has 1 saturated carbocycles. The number of methoxy groups -OCH3 is 2. The van der Waals surface area contributed by atoms with E-state index in [0.717, 1.165) is 12.8 Å². The molecule has 0 aliphatic heterocycles. The van der Waals surface area contributed by atoms with E-state index in [1.54, 1.807) is 18.2 Å². The van der Waals surface area contributed by atoms with Gasteiger partial charge >= 0.3 is 5.97 Å². The number of rotatable bonds is 7. The van der Waals surface area contributed by atoms with Gasteiger partial charge in [0.15, 0.2) is 0 Å². The summed E-state index contributed by atoms with van der Waals surface area (Å²) in [5.74, 6) is 0.0833. The summed E-state index contributed by atoms with van der Waals surface area (Å²) >= 11 is 0. The predicted octanol–water partition coefficient (Wildman–Crippen LogP) is 1.64. The summed E-state index contributed by atoms with van der Waals surface area (Å²) in [4.78, 5) is 24.9. The number of ether oxygens (including phenoxy) is 2. The molecule has 21 heavy (non-hydrogen) atoms. The second-order valence-corrected chi connectivity index (χ2v) is 5.12. The molecule has 1 aliphatic rings. The Bertz CT molecular complexity index is 517. The van der Waals surface area contributed by atoms with Crippen LogP contribution in [0, 0.1) is 5.92 Å². The van der Waals surface area contributed by atoms with Crippen LogP contribution in [0.3, 0.4) is 0 Å². The smallest absolute Gasteiger partial charge is 0.323 e. The summed E-state index contributed by atoms with van der Waals surface area (Å²) in [5.41, 5.74) is 0.369. The summed E-state index contributed by atoms with van der Waals surface area (Å²) in [6.07, 6.45) is 2.09. The minimum atomic E-state index is -1.01. The van der Waals surface area contributed by atoms with Gasteiger partial charge in [-0.1, -0.05) is 0 Å². The third-order valence-corrected chi connectivity index (χ3v) is 3.39. The van der Waals surface area contributed by atoms with Gasteiger partial charge in [-0.25, -0.2) is 0 Å². The van der Waals surface area contributed by atoms with Crippen LogP contribution in [0.25, 0.3) is 0 Å². The minimum Gasteiger partial charge on any atom is -0.497 e. The molecule has 0 spiro atoms. The Morgan fingerprint density at radius 2 is 1.76 bits per heavy atom. The minimum absolute atomic E-state index is 0.297. The summed E-state index contributed by atoms with van der Waals surface area (Å²) in [6.45, 7) is 0.180. The molecule has 2 rings (SSSR count). The van der Waals surface area contributed by atoms with E-state index >= 15 is 0 Å². The highest BCUT2D eigenvalue weighted by molar-refractivity contribution is 5.96. The molecule has 1 aliphatic carbocycles. The molecule has 114 valence electrons. The van der Waals surface area contributed by atoms with Crippen molar-refractivity contribution in [2.24, 2.45) is 5.92 Å². The number of hydrogen-bond donors (Lipinski definition) is 1. The molecule has 0 atom stereocenters. The third kappa shape index (κ3) is 4.11. The van der Waals surface area contributed by atoms with E-state index in [1.165, 1.54) is 19.1 Å². The number of nitrogens with zero attached hydrogens (tertiary/aromatic N) is 1. The number of aliphatic carboxylic acids is 1. The van der Waals surface area contributed by atoms with E-state index in [9.17, 15) is 9.59 Å². The molecule has 0 radical (unpaired) electrons. The first kappa shape index (κ1) is 15.2. The average Bonchev–Trinajstić information content (AvgIpc) is 3.28. The van der Waals surface area contributed by atoms with E-state index < -0.39 is 5.97 Å². The van der Waals surface area contributed by atoms with Gasteiger partial charge in [0.25, 0.3) is 5.91 Å². The van der Waals surface area contributed by atoms with Crippen LogP contribution in [-0.2, 0) is 4.79 Å². The number of amides is 1. The van der Waals surface area contributed by atoms with E-state index in [1.807, 2.05) is 0 Å². The van der Waals surface area contributed by atoms with Crippen molar-refractivity contribution in [3.63, 3.8) is 0 Å². The van der Waals surface area contributed by atoms with Crippen LogP contribution in [0.2, 0.25) is 0 Å². The van der Waals surface area contributed by atoms with E-state index in [0.29, 0.717) is 29.5 Å². The van der Waals surface area contributed by atoms with Crippen LogP contribution in [0.4, 0.5) is 0 Å². The zero-order chi connectivity index (χ0) is 15.4. The van der Waals surface area contributed by atoms with Crippen LogP contribution in [0.15, 0.2) is 18.2 Å². The first-order chi connectivity index (χ1) is 10.0. The van der Waals surface area contributed by atoms with E-state index in [4.69, 9.17) is 14.6 Å². The molecule has 0 bridgehead atoms. The van der Waals surface area contributed by atoms with Crippen LogP contribution >= 0.6 is 0 Å². The normalized spacial score (nSPS) is 13.6. The first-order valence-electron chi connectivity index (χ1n) is 6.77. The molecule has 1 fully saturated rings. The first-order valence-corrected chi connectivity index (χ1v) is 6.77. The molecule has 1 aromatic rings. The SMILES string of the molecule is COc1cc(OC)cc(C(=O)N(CC(=O)O)CC2CC2)c1. The van der Waals surface area contributed by atoms with Crippen LogP contribution in [0.1, 0.15) is 23.2 Å². The van der Waals surface area contributed by atoms with Crippen molar-refractivity contribution in [1.82, 2.24) is 4.90 Å². The lowest BCUT2D eigenvalue weighted by molar-refractivity contribution is -0.137. The van der Waals surface area contributed by atoms with Gasteiger partial charge in [0, 0.05) is 18.2 Å². The predicted molar refractivity (Wildman–Crippen MR) is 75.8 cm³/mol.